The number of aliphatic carboxylic acids is 1. The van der Waals surface area contributed by atoms with Crippen LogP contribution in [-0.4, -0.2) is 112 Å². The first-order valence-electron chi connectivity index (χ1n) is 14.1. The molecule has 1 aromatic rings. The summed E-state index contributed by atoms with van der Waals surface area (Å²) in [5, 5.41) is 38.0. The molecule has 0 fully saturated rings. The molecule has 15 N–H and O–H groups in total. The number of aromatic hydroxyl groups is 1. The van der Waals surface area contributed by atoms with Gasteiger partial charge in [0.2, 0.25) is 29.5 Å². The Labute approximate surface area is 269 Å². The summed E-state index contributed by atoms with van der Waals surface area (Å²) in [6, 6.07) is -1.02. The zero-order chi connectivity index (χ0) is 34.8. The summed E-state index contributed by atoms with van der Waals surface area (Å²) >= 11 is 1.35. The van der Waals surface area contributed by atoms with E-state index < -0.39 is 78.7 Å². The topological polar surface area (TPSA) is 328 Å². The maximum absolute atomic E-state index is 13.5. The number of nitrogens with two attached hydrogens (primary N) is 4. The van der Waals surface area contributed by atoms with Crippen molar-refractivity contribution in [3.8, 4) is 5.75 Å². The van der Waals surface area contributed by atoms with Crippen LogP contribution in [0.15, 0.2) is 29.3 Å². The van der Waals surface area contributed by atoms with Crippen LogP contribution in [0.1, 0.15) is 31.2 Å². The van der Waals surface area contributed by atoms with Gasteiger partial charge in [-0.3, -0.25) is 29.0 Å². The molecule has 18 nitrogen and oxygen atoms in total. The number of carbonyl (C=O) groups is 6. The van der Waals surface area contributed by atoms with Crippen molar-refractivity contribution >= 4 is 53.2 Å². The molecule has 5 atom stereocenters. The van der Waals surface area contributed by atoms with Crippen LogP contribution in [0.2, 0.25) is 0 Å². The number of hydrogen-bond acceptors (Lipinski definition) is 11. The number of thioether (sulfide) groups is 1. The number of aliphatic hydroxyl groups excluding tert-OH is 1. The highest BCUT2D eigenvalue weighted by Crippen LogP contribution is 2.12. The molecule has 0 saturated carbocycles. The van der Waals surface area contributed by atoms with Crippen molar-refractivity contribution in [3.63, 3.8) is 0 Å². The Morgan fingerprint density at radius 2 is 1.35 bits per heavy atom. The fourth-order valence-electron chi connectivity index (χ4n) is 3.93. The van der Waals surface area contributed by atoms with Gasteiger partial charge in [-0.2, -0.15) is 11.8 Å². The third-order valence-electron chi connectivity index (χ3n) is 6.38. The largest absolute Gasteiger partial charge is 0.508 e. The SMILES string of the molecule is CSCC[C@H](NC(=O)[C@H](CCCN=C(N)N)NC(=O)[C@H](Cc1ccc(O)cc1)NC(=O)[C@@H](N)CO)C(=O)N[C@@H](CC(N)=O)C(=O)O. The molecule has 0 aliphatic carbocycles. The minimum Gasteiger partial charge on any atom is -0.508 e. The van der Waals surface area contributed by atoms with E-state index in [-0.39, 0.29) is 43.9 Å². The van der Waals surface area contributed by atoms with Crippen LogP contribution in [0.5, 0.6) is 5.75 Å². The number of hydrogen-bond donors (Lipinski definition) is 11. The van der Waals surface area contributed by atoms with Crippen LogP contribution in [-0.2, 0) is 35.2 Å². The number of carboxylic acid groups (broad SMARTS) is 1. The molecule has 0 unspecified atom stereocenters. The number of amides is 5. The molecule has 256 valence electrons. The van der Waals surface area contributed by atoms with Crippen LogP contribution >= 0.6 is 11.8 Å². The van der Waals surface area contributed by atoms with Gasteiger partial charge in [0.05, 0.1) is 13.0 Å². The fraction of sp³-hybridized carbons (Fsp3) is 0.519. The highest BCUT2D eigenvalue weighted by molar-refractivity contribution is 7.98. The predicted molar refractivity (Wildman–Crippen MR) is 169 cm³/mol. The van der Waals surface area contributed by atoms with E-state index in [1.165, 1.54) is 36.0 Å². The smallest absolute Gasteiger partial charge is 0.326 e. The van der Waals surface area contributed by atoms with Crippen LogP contribution in [0.25, 0.3) is 0 Å². The molecule has 19 heteroatoms. The zero-order valence-corrected chi connectivity index (χ0v) is 26.1. The van der Waals surface area contributed by atoms with E-state index in [2.05, 4.69) is 26.3 Å². The molecule has 0 radical (unpaired) electrons. The molecule has 5 amide bonds. The quantitative estimate of drug-likeness (QED) is 0.0338. The van der Waals surface area contributed by atoms with Crippen molar-refractivity contribution in [2.75, 3.05) is 25.2 Å². The molecule has 1 aromatic carbocycles. The Hall–Kier alpha value is -4.62. The van der Waals surface area contributed by atoms with Crippen molar-refractivity contribution in [1.82, 2.24) is 21.3 Å². The van der Waals surface area contributed by atoms with Crippen LogP contribution in [0.3, 0.4) is 0 Å². The predicted octanol–water partition coefficient (Wildman–Crippen LogP) is -4.04. The number of aliphatic imine (C=N–C) groups is 1. The molecule has 1 rings (SSSR count). The monoisotopic (exact) mass is 669 g/mol. The average Bonchev–Trinajstić information content (AvgIpc) is 2.99. The van der Waals surface area contributed by atoms with Crippen LogP contribution < -0.4 is 44.2 Å². The number of guanidine groups is 1. The van der Waals surface area contributed by atoms with Crippen LogP contribution in [0, 0.1) is 0 Å². The van der Waals surface area contributed by atoms with Crippen molar-refractivity contribution in [3.05, 3.63) is 29.8 Å². The molecule has 0 saturated heterocycles. The second-order valence-electron chi connectivity index (χ2n) is 10.1. The Balaban J connectivity index is 3.29. The molecule has 0 heterocycles. The molecule has 0 spiro atoms. The number of primary amides is 1. The Morgan fingerprint density at radius 3 is 1.85 bits per heavy atom. The highest BCUT2D eigenvalue weighted by atomic mass is 32.2. The summed E-state index contributed by atoms with van der Waals surface area (Å²) in [6.45, 7) is -0.609. The Morgan fingerprint density at radius 1 is 0.826 bits per heavy atom. The second-order valence-corrected chi connectivity index (χ2v) is 11.1. The summed E-state index contributed by atoms with van der Waals surface area (Å²) in [5.41, 5.74) is 22.0. The lowest BCUT2D eigenvalue weighted by atomic mass is 10.0. The number of benzene rings is 1. The fourth-order valence-corrected chi connectivity index (χ4v) is 4.41. The van der Waals surface area contributed by atoms with Gasteiger partial charge in [0.1, 0.15) is 36.0 Å². The van der Waals surface area contributed by atoms with Gasteiger partial charge in [0, 0.05) is 13.0 Å². The first kappa shape index (κ1) is 39.4. The van der Waals surface area contributed by atoms with E-state index in [4.69, 9.17) is 22.9 Å². The van der Waals surface area contributed by atoms with Gasteiger partial charge >= 0.3 is 5.97 Å². The summed E-state index contributed by atoms with van der Waals surface area (Å²) in [5.74, 6) is -5.68. The van der Waals surface area contributed by atoms with E-state index in [1.54, 1.807) is 6.26 Å². The molecular weight excluding hydrogens is 626 g/mol. The van der Waals surface area contributed by atoms with Crippen molar-refractivity contribution in [1.29, 1.82) is 0 Å². The lowest BCUT2D eigenvalue weighted by molar-refractivity contribution is -0.143. The summed E-state index contributed by atoms with van der Waals surface area (Å²) in [7, 11) is 0. The number of nitrogens with one attached hydrogen (secondary N) is 4. The maximum Gasteiger partial charge on any atom is 0.326 e. The van der Waals surface area contributed by atoms with Crippen molar-refractivity contribution < 1.29 is 44.1 Å². The lowest BCUT2D eigenvalue weighted by Crippen LogP contribution is -2.59. The number of phenolic OH excluding ortho intramolecular Hbond substituents is 1. The number of aliphatic hydroxyl groups is 1. The first-order chi connectivity index (χ1) is 21.7. The molecule has 0 aliphatic heterocycles. The van der Waals surface area contributed by atoms with E-state index in [9.17, 15) is 44.1 Å². The third kappa shape index (κ3) is 14.9. The van der Waals surface area contributed by atoms with E-state index >= 15 is 0 Å². The number of nitrogens with zero attached hydrogens (tertiary/aromatic N) is 1. The van der Waals surface area contributed by atoms with E-state index in [0.29, 0.717) is 11.3 Å². The normalized spacial score (nSPS) is 14.0. The summed E-state index contributed by atoms with van der Waals surface area (Å²) in [4.78, 5) is 79.3. The standard InChI is InChI=1S/C27H43N9O9S/c1-46-10-8-18(24(42)36-20(26(44)45)12-21(29)39)34-23(41)17(3-2-9-32-27(30)31)33-25(43)19(35-22(40)16(28)13-37)11-14-4-6-15(38)7-5-14/h4-7,16-20,37-38H,2-3,8-13,28H2,1H3,(H2,29,39)(H,33,43)(H,34,41)(H,35,40)(H,36,42)(H,44,45)(H4,30,31,32)/t16-,17-,18-,19-,20-/m0/s1. The minimum atomic E-state index is -1.64. The summed E-state index contributed by atoms with van der Waals surface area (Å²) < 4.78 is 0. The van der Waals surface area contributed by atoms with Crippen molar-refractivity contribution in [2.45, 2.75) is 62.3 Å². The van der Waals surface area contributed by atoms with Gasteiger partial charge in [-0.1, -0.05) is 12.1 Å². The van der Waals surface area contributed by atoms with Crippen LogP contribution in [0.4, 0.5) is 0 Å². The molecule has 46 heavy (non-hydrogen) atoms. The average molecular weight is 670 g/mol. The highest BCUT2D eigenvalue weighted by Gasteiger charge is 2.32. The number of carboxylic acids is 1. The summed E-state index contributed by atoms with van der Waals surface area (Å²) in [6.07, 6.45) is 1.22. The number of rotatable bonds is 21. The van der Waals surface area contributed by atoms with Gasteiger partial charge in [-0.05, 0) is 49.0 Å². The van der Waals surface area contributed by atoms with Gasteiger partial charge in [-0.15, -0.1) is 0 Å². The van der Waals surface area contributed by atoms with Gasteiger partial charge in [0.15, 0.2) is 5.96 Å². The molecule has 0 aromatic heterocycles. The van der Waals surface area contributed by atoms with Gasteiger partial charge in [-0.25, -0.2) is 4.79 Å². The van der Waals surface area contributed by atoms with Crippen molar-refractivity contribution in [2.24, 2.45) is 27.9 Å². The first-order valence-corrected chi connectivity index (χ1v) is 15.5. The Bertz CT molecular complexity index is 1230. The molecular formula is C27H43N9O9S. The molecule has 0 bridgehead atoms. The Kier molecular flexibility index (Phi) is 17.5. The zero-order valence-electron chi connectivity index (χ0n) is 25.3. The molecule has 0 aliphatic rings. The minimum absolute atomic E-state index is 0.0271. The third-order valence-corrected chi connectivity index (χ3v) is 7.03. The van der Waals surface area contributed by atoms with Gasteiger partial charge in [0.25, 0.3) is 0 Å². The lowest BCUT2D eigenvalue weighted by Gasteiger charge is -2.26. The second kappa shape index (κ2) is 20.4. The number of phenols is 1. The number of carbonyl (C=O) groups excluding carboxylic acids is 5. The van der Waals surface area contributed by atoms with Gasteiger partial charge < -0.3 is 59.5 Å². The van der Waals surface area contributed by atoms with E-state index in [1.807, 2.05) is 0 Å². The van der Waals surface area contributed by atoms with E-state index in [0.717, 1.165) is 0 Å². The maximum atomic E-state index is 13.5.